The van der Waals surface area contributed by atoms with E-state index in [2.05, 4.69) is 11.8 Å². The van der Waals surface area contributed by atoms with Crippen molar-refractivity contribution in [3.63, 3.8) is 0 Å². The fraction of sp³-hybridized carbons (Fsp3) is 0.462. The van der Waals surface area contributed by atoms with Crippen LogP contribution in [-0.4, -0.2) is 56.5 Å². The van der Waals surface area contributed by atoms with Crippen LogP contribution < -0.4 is 0 Å². The van der Waals surface area contributed by atoms with E-state index in [1.54, 1.807) is 19.2 Å². The number of hydrogen-bond donors (Lipinski definition) is 1. The van der Waals surface area contributed by atoms with E-state index < -0.39 is 9.84 Å². The van der Waals surface area contributed by atoms with Gasteiger partial charge in [0.1, 0.15) is 9.84 Å². The second-order valence-corrected chi connectivity index (χ2v) is 7.64. The van der Waals surface area contributed by atoms with Crippen molar-refractivity contribution in [3.8, 4) is 11.8 Å². The molecule has 0 unspecified atom stereocenters. The van der Waals surface area contributed by atoms with E-state index in [-0.39, 0.29) is 24.8 Å². The van der Waals surface area contributed by atoms with Gasteiger partial charge in [-0.2, -0.15) is 0 Å². The Bertz CT molecular complexity index is 622. The smallest absolute Gasteiger partial charge is 0.263 e. The van der Waals surface area contributed by atoms with Crippen LogP contribution in [0.3, 0.4) is 0 Å². The lowest BCUT2D eigenvalue weighted by molar-refractivity contribution is 0.0808. The molecule has 0 bridgehead atoms. The highest BCUT2D eigenvalue weighted by Gasteiger charge is 2.15. The Hall–Kier alpha value is -1.36. The van der Waals surface area contributed by atoms with Gasteiger partial charge in [-0.1, -0.05) is 11.8 Å². The molecule has 0 aliphatic carbocycles. The summed E-state index contributed by atoms with van der Waals surface area (Å²) in [6, 6.07) is 3.42. The summed E-state index contributed by atoms with van der Waals surface area (Å²) in [5.41, 5.74) is 0. The number of aliphatic hydroxyl groups excluding tert-OH is 1. The number of rotatable bonds is 5. The standard InChI is InChI=1S/C13H17NO4S2/c1-14(8-10-20(2,17)18)13(16)12-7-6-11(19-12)5-3-4-9-15/h6-7,15H,4,8-10H2,1-2H3. The zero-order chi connectivity index (χ0) is 15.2. The molecule has 7 heteroatoms. The summed E-state index contributed by atoms with van der Waals surface area (Å²) >= 11 is 1.26. The Labute approximate surface area is 123 Å². The van der Waals surface area contributed by atoms with Gasteiger partial charge in [0.2, 0.25) is 0 Å². The van der Waals surface area contributed by atoms with Crippen LogP contribution in [0, 0.1) is 11.8 Å². The van der Waals surface area contributed by atoms with E-state index in [1.165, 1.54) is 16.2 Å². The Balaban J connectivity index is 2.66. The second-order valence-electron chi connectivity index (χ2n) is 4.30. The van der Waals surface area contributed by atoms with Crippen molar-refractivity contribution >= 4 is 27.1 Å². The topological polar surface area (TPSA) is 74.7 Å². The summed E-state index contributed by atoms with van der Waals surface area (Å²) in [7, 11) is -1.51. The molecule has 0 radical (unpaired) electrons. The maximum absolute atomic E-state index is 12.1. The SMILES string of the molecule is CN(CCS(C)(=O)=O)C(=O)c1ccc(C#CCCO)s1. The van der Waals surface area contributed by atoms with Gasteiger partial charge in [-0.25, -0.2) is 8.42 Å². The first kappa shape index (κ1) is 16.7. The van der Waals surface area contributed by atoms with Crippen molar-refractivity contribution < 1.29 is 18.3 Å². The van der Waals surface area contributed by atoms with Crippen molar-refractivity contribution in [1.82, 2.24) is 4.90 Å². The van der Waals surface area contributed by atoms with Gasteiger partial charge < -0.3 is 10.0 Å². The highest BCUT2D eigenvalue weighted by atomic mass is 32.2. The zero-order valence-electron chi connectivity index (χ0n) is 11.4. The van der Waals surface area contributed by atoms with Crippen LogP contribution in [0.1, 0.15) is 21.0 Å². The lowest BCUT2D eigenvalue weighted by Crippen LogP contribution is -2.30. The minimum atomic E-state index is -3.08. The van der Waals surface area contributed by atoms with Gasteiger partial charge in [0.05, 0.1) is 22.1 Å². The first-order valence-corrected chi connectivity index (χ1v) is 8.84. The maximum atomic E-state index is 12.1. The average Bonchev–Trinajstić information content (AvgIpc) is 2.83. The first-order chi connectivity index (χ1) is 9.33. The van der Waals surface area contributed by atoms with E-state index >= 15 is 0 Å². The molecule has 1 heterocycles. The zero-order valence-corrected chi connectivity index (χ0v) is 13.1. The predicted molar refractivity (Wildman–Crippen MR) is 79.6 cm³/mol. The number of carbonyl (C=O) groups excluding carboxylic acids is 1. The highest BCUT2D eigenvalue weighted by molar-refractivity contribution is 7.90. The van der Waals surface area contributed by atoms with Crippen molar-refractivity contribution in [2.24, 2.45) is 0 Å². The second kappa shape index (κ2) is 7.43. The Kier molecular flexibility index (Phi) is 6.20. The minimum absolute atomic E-state index is 0.0123. The molecule has 0 atom stereocenters. The van der Waals surface area contributed by atoms with Gasteiger partial charge in [-0.3, -0.25) is 4.79 Å². The average molecular weight is 315 g/mol. The fourth-order valence-electron chi connectivity index (χ4n) is 1.32. The molecule has 1 rings (SSSR count). The van der Waals surface area contributed by atoms with Gasteiger partial charge >= 0.3 is 0 Å². The summed E-state index contributed by atoms with van der Waals surface area (Å²) < 4.78 is 22.1. The van der Waals surface area contributed by atoms with Gasteiger partial charge in [0, 0.05) is 26.3 Å². The molecule has 0 aliphatic rings. The van der Waals surface area contributed by atoms with Crippen LogP contribution in [0.25, 0.3) is 0 Å². The van der Waals surface area contributed by atoms with Crippen molar-refractivity contribution in [3.05, 3.63) is 21.9 Å². The van der Waals surface area contributed by atoms with Gasteiger partial charge in [0.15, 0.2) is 0 Å². The molecule has 0 aliphatic heterocycles. The number of thiophene rings is 1. The lowest BCUT2D eigenvalue weighted by atomic mass is 10.3. The van der Waals surface area contributed by atoms with E-state index in [0.717, 1.165) is 11.1 Å². The molecule has 1 amide bonds. The number of hydrogen-bond acceptors (Lipinski definition) is 5. The molecule has 110 valence electrons. The normalized spacial score (nSPS) is 10.8. The molecule has 5 nitrogen and oxygen atoms in total. The third kappa shape index (κ3) is 5.74. The summed E-state index contributed by atoms with van der Waals surface area (Å²) in [6.45, 7) is 0.180. The number of nitrogens with zero attached hydrogens (tertiary/aromatic N) is 1. The molecule has 0 aromatic carbocycles. The summed E-state index contributed by atoms with van der Waals surface area (Å²) in [4.78, 5) is 14.7. The predicted octanol–water partition coefficient (Wildman–Crippen LogP) is 0.599. The number of aliphatic hydroxyl groups is 1. The monoisotopic (exact) mass is 315 g/mol. The lowest BCUT2D eigenvalue weighted by Gasteiger charge is -2.15. The Morgan fingerprint density at radius 3 is 2.75 bits per heavy atom. The molecule has 0 saturated carbocycles. The third-order valence-corrected chi connectivity index (χ3v) is 4.32. The summed E-state index contributed by atoms with van der Waals surface area (Å²) in [6.07, 6.45) is 1.54. The molecule has 0 saturated heterocycles. The van der Waals surface area contributed by atoms with Gasteiger partial charge in [-0.15, -0.1) is 11.3 Å². The van der Waals surface area contributed by atoms with Crippen molar-refractivity contribution in [2.75, 3.05) is 32.2 Å². The van der Waals surface area contributed by atoms with Crippen molar-refractivity contribution in [2.45, 2.75) is 6.42 Å². The fourth-order valence-corrected chi connectivity index (χ4v) is 2.80. The number of carbonyl (C=O) groups is 1. The highest BCUT2D eigenvalue weighted by Crippen LogP contribution is 2.17. The minimum Gasteiger partial charge on any atom is -0.395 e. The molecule has 0 fully saturated rings. The van der Waals surface area contributed by atoms with E-state index in [4.69, 9.17) is 5.11 Å². The molecule has 1 aromatic rings. The van der Waals surface area contributed by atoms with E-state index in [0.29, 0.717) is 11.3 Å². The first-order valence-electron chi connectivity index (χ1n) is 5.96. The molecular formula is C13H17NO4S2. The van der Waals surface area contributed by atoms with E-state index in [9.17, 15) is 13.2 Å². The largest absolute Gasteiger partial charge is 0.395 e. The Morgan fingerprint density at radius 1 is 1.45 bits per heavy atom. The third-order valence-electron chi connectivity index (χ3n) is 2.41. The van der Waals surface area contributed by atoms with Crippen LogP contribution in [0.4, 0.5) is 0 Å². The number of amides is 1. The maximum Gasteiger partial charge on any atom is 0.263 e. The molecule has 20 heavy (non-hydrogen) atoms. The van der Waals surface area contributed by atoms with Crippen LogP contribution in [-0.2, 0) is 9.84 Å². The van der Waals surface area contributed by atoms with E-state index in [1.807, 2.05) is 0 Å². The molecule has 1 aromatic heterocycles. The molecule has 0 spiro atoms. The van der Waals surface area contributed by atoms with Crippen LogP contribution >= 0.6 is 11.3 Å². The van der Waals surface area contributed by atoms with Crippen LogP contribution in [0.5, 0.6) is 0 Å². The summed E-state index contributed by atoms with van der Waals surface area (Å²) in [5.74, 6) is 5.38. The van der Waals surface area contributed by atoms with Crippen molar-refractivity contribution in [1.29, 1.82) is 0 Å². The van der Waals surface area contributed by atoms with Crippen LogP contribution in [0.15, 0.2) is 12.1 Å². The van der Waals surface area contributed by atoms with Crippen LogP contribution in [0.2, 0.25) is 0 Å². The van der Waals surface area contributed by atoms with Gasteiger partial charge in [-0.05, 0) is 12.1 Å². The van der Waals surface area contributed by atoms with Gasteiger partial charge in [0.25, 0.3) is 5.91 Å². The number of sulfone groups is 1. The molecular weight excluding hydrogens is 298 g/mol. The molecule has 1 N–H and O–H groups in total. The Morgan fingerprint density at radius 2 is 2.15 bits per heavy atom. The summed E-state index contributed by atoms with van der Waals surface area (Å²) in [5, 5.41) is 8.63. The quantitative estimate of drug-likeness (QED) is 0.808.